The third kappa shape index (κ3) is 2.27. The second kappa shape index (κ2) is 3.98. The average molecular weight is 231 g/mol. The predicted octanol–water partition coefficient (Wildman–Crippen LogP) is 1.22. The lowest BCUT2D eigenvalue weighted by molar-refractivity contribution is 0.164. The minimum absolute atomic E-state index is 0.356. The molecule has 4 heteroatoms. The van der Waals surface area contributed by atoms with Crippen LogP contribution >= 0.6 is 15.9 Å². The van der Waals surface area contributed by atoms with E-state index in [-0.39, 0.29) is 6.04 Å². The fourth-order valence-corrected chi connectivity index (χ4v) is 1.10. The fourth-order valence-electron chi connectivity index (χ4n) is 0.863. The van der Waals surface area contributed by atoms with Crippen LogP contribution in [0.25, 0.3) is 0 Å². The lowest BCUT2D eigenvalue weighted by Gasteiger charge is -2.13. The molecule has 1 unspecified atom stereocenters. The molecule has 1 aromatic heterocycles. The molecule has 1 aromatic rings. The minimum atomic E-state index is -0.548. The summed E-state index contributed by atoms with van der Waals surface area (Å²) in [5, 5.41) is 9.18. The van der Waals surface area contributed by atoms with Crippen molar-refractivity contribution in [3.05, 3.63) is 28.5 Å². The van der Waals surface area contributed by atoms with Crippen LogP contribution in [0, 0.1) is 0 Å². The molecule has 0 fully saturated rings. The van der Waals surface area contributed by atoms with Crippen molar-refractivity contribution in [2.24, 2.45) is 5.73 Å². The van der Waals surface area contributed by atoms with E-state index in [4.69, 9.17) is 5.73 Å². The molecule has 0 bridgehead atoms. The first-order chi connectivity index (χ1) is 5.61. The number of halogens is 1. The van der Waals surface area contributed by atoms with Crippen LogP contribution in [0.3, 0.4) is 0 Å². The van der Waals surface area contributed by atoms with E-state index in [9.17, 15) is 5.11 Å². The van der Waals surface area contributed by atoms with E-state index in [2.05, 4.69) is 20.9 Å². The molecule has 1 heterocycles. The van der Waals surface area contributed by atoms with Gasteiger partial charge in [-0.2, -0.15) is 0 Å². The molecule has 0 aromatic carbocycles. The Morgan fingerprint density at radius 2 is 2.25 bits per heavy atom. The highest BCUT2D eigenvalue weighted by Gasteiger charge is 2.11. The van der Waals surface area contributed by atoms with Gasteiger partial charge in [0.25, 0.3) is 0 Å². The molecule has 2 atom stereocenters. The fraction of sp³-hybridized carbons (Fsp3) is 0.375. The van der Waals surface area contributed by atoms with Crippen LogP contribution in [0.4, 0.5) is 0 Å². The van der Waals surface area contributed by atoms with E-state index in [1.165, 1.54) is 0 Å². The smallest absolute Gasteiger partial charge is 0.106 e. The van der Waals surface area contributed by atoms with Crippen molar-refractivity contribution in [2.75, 3.05) is 0 Å². The number of hydrogen-bond donors (Lipinski definition) is 2. The summed E-state index contributed by atoms with van der Waals surface area (Å²) >= 11 is 3.22. The van der Waals surface area contributed by atoms with Gasteiger partial charge < -0.3 is 10.8 Å². The van der Waals surface area contributed by atoms with Crippen molar-refractivity contribution in [1.29, 1.82) is 0 Å². The molecule has 0 amide bonds. The Kier molecular flexibility index (Phi) is 3.20. The molecule has 0 saturated carbocycles. The Balaban J connectivity index is 2.82. The second-order valence-electron chi connectivity index (χ2n) is 2.68. The Bertz CT molecular complexity index is 248. The summed E-state index contributed by atoms with van der Waals surface area (Å²) in [6.07, 6.45) is 1.11. The molecule has 0 aliphatic carbocycles. The quantitative estimate of drug-likeness (QED) is 0.752. The second-order valence-corrected chi connectivity index (χ2v) is 3.49. The maximum absolute atomic E-state index is 9.18. The first-order valence-electron chi connectivity index (χ1n) is 3.66. The summed E-state index contributed by atoms with van der Waals surface area (Å²) in [5.74, 6) is 0. The van der Waals surface area contributed by atoms with Gasteiger partial charge in [-0.05, 0) is 34.5 Å². The summed E-state index contributed by atoms with van der Waals surface area (Å²) in [6, 6.07) is 3.29. The Morgan fingerprint density at radius 1 is 1.58 bits per heavy atom. The molecular weight excluding hydrogens is 220 g/mol. The first kappa shape index (κ1) is 9.64. The Hall–Kier alpha value is -0.450. The lowest BCUT2D eigenvalue weighted by atomic mass is 10.1. The maximum Gasteiger partial charge on any atom is 0.106 e. The zero-order chi connectivity index (χ0) is 9.14. The van der Waals surface area contributed by atoms with Crippen LogP contribution in [0.1, 0.15) is 18.5 Å². The highest BCUT2D eigenvalue weighted by atomic mass is 79.9. The van der Waals surface area contributed by atoms with Crippen LogP contribution in [-0.4, -0.2) is 16.2 Å². The van der Waals surface area contributed by atoms with Gasteiger partial charge in [0, 0.05) is 6.20 Å². The third-order valence-electron chi connectivity index (χ3n) is 1.65. The molecule has 66 valence electrons. The molecule has 0 aliphatic rings. The molecule has 0 radical (unpaired) electrons. The van der Waals surface area contributed by atoms with Crippen molar-refractivity contribution in [3.8, 4) is 0 Å². The van der Waals surface area contributed by atoms with Gasteiger partial charge in [0.1, 0.15) is 4.60 Å². The number of aliphatic hydroxyl groups excluding tert-OH is 1. The van der Waals surface area contributed by atoms with Gasteiger partial charge >= 0.3 is 0 Å². The number of aromatic nitrogens is 1. The highest BCUT2D eigenvalue weighted by molar-refractivity contribution is 9.10. The monoisotopic (exact) mass is 230 g/mol. The first-order valence-corrected chi connectivity index (χ1v) is 4.45. The molecular formula is C8H11BrN2O. The number of nitrogens with two attached hydrogens (primary N) is 1. The maximum atomic E-state index is 9.18. The van der Waals surface area contributed by atoms with Crippen molar-refractivity contribution < 1.29 is 5.11 Å². The van der Waals surface area contributed by atoms with Gasteiger partial charge in [0.2, 0.25) is 0 Å². The van der Waals surface area contributed by atoms with Crippen LogP contribution < -0.4 is 5.73 Å². The lowest BCUT2D eigenvalue weighted by Crippen LogP contribution is -2.23. The number of rotatable bonds is 2. The molecule has 12 heavy (non-hydrogen) atoms. The molecule has 0 spiro atoms. The van der Waals surface area contributed by atoms with Gasteiger partial charge in [0.15, 0.2) is 0 Å². The standard InChI is InChI=1S/C8H11BrN2O/c1-5(12)8(10)6-2-3-7(9)11-4-6/h2-5,8,12H,10H2,1H3/t5?,8-/m1/s1. The van der Waals surface area contributed by atoms with Crippen molar-refractivity contribution >= 4 is 15.9 Å². The highest BCUT2D eigenvalue weighted by Crippen LogP contribution is 2.14. The topological polar surface area (TPSA) is 59.1 Å². The zero-order valence-corrected chi connectivity index (χ0v) is 8.32. The molecule has 0 saturated heterocycles. The normalized spacial score (nSPS) is 15.7. The minimum Gasteiger partial charge on any atom is -0.391 e. The van der Waals surface area contributed by atoms with E-state index in [1.807, 2.05) is 6.07 Å². The predicted molar refractivity (Wildman–Crippen MR) is 50.5 cm³/mol. The number of aliphatic hydroxyl groups is 1. The van der Waals surface area contributed by atoms with Crippen LogP contribution in [0.15, 0.2) is 22.9 Å². The van der Waals surface area contributed by atoms with E-state index in [0.717, 1.165) is 10.2 Å². The summed E-state index contributed by atoms with van der Waals surface area (Å²) in [5.41, 5.74) is 6.52. The van der Waals surface area contributed by atoms with E-state index in [1.54, 1.807) is 19.2 Å². The Labute approximate surface area is 79.7 Å². The summed E-state index contributed by atoms with van der Waals surface area (Å²) in [4.78, 5) is 4.01. The van der Waals surface area contributed by atoms with Crippen molar-refractivity contribution in [3.63, 3.8) is 0 Å². The summed E-state index contributed by atoms with van der Waals surface area (Å²) in [7, 11) is 0. The average Bonchev–Trinajstić information content (AvgIpc) is 2.04. The van der Waals surface area contributed by atoms with Gasteiger partial charge in [0.05, 0.1) is 12.1 Å². The zero-order valence-electron chi connectivity index (χ0n) is 6.74. The largest absolute Gasteiger partial charge is 0.391 e. The third-order valence-corrected chi connectivity index (χ3v) is 2.12. The molecule has 3 nitrogen and oxygen atoms in total. The van der Waals surface area contributed by atoms with Crippen LogP contribution in [0.5, 0.6) is 0 Å². The van der Waals surface area contributed by atoms with Crippen molar-refractivity contribution in [1.82, 2.24) is 4.98 Å². The van der Waals surface area contributed by atoms with Crippen LogP contribution in [0.2, 0.25) is 0 Å². The summed E-state index contributed by atoms with van der Waals surface area (Å²) in [6.45, 7) is 1.66. The van der Waals surface area contributed by atoms with Gasteiger partial charge in [-0.25, -0.2) is 4.98 Å². The van der Waals surface area contributed by atoms with Crippen LogP contribution in [-0.2, 0) is 0 Å². The molecule has 3 N–H and O–H groups in total. The number of pyridine rings is 1. The Morgan fingerprint density at radius 3 is 2.67 bits per heavy atom. The molecule has 1 rings (SSSR count). The van der Waals surface area contributed by atoms with E-state index >= 15 is 0 Å². The molecule has 0 aliphatic heterocycles. The summed E-state index contributed by atoms with van der Waals surface area (Å²) < 4.78 is 0.768. The SMILES string of the molecule is CC(O)[C@@H](N)c1ccc(Br)nc1. The van der Waals surface area contributed by atoms with E-state index < -0.39 is 6.10 Å². The van der Waals surface area contributed by atoms with Gasteiger partial charge in [-0.1, -0.05) is 6.07 Å². The van der Waals surface area contributed by atoms with Crippen molar-refractivity contribution in [2.45, 2.75) is 19.1 Å². The van der Waals surface area contributed by atoms with E-state index in [0.29, 0.717) is 0 Å². The van der Waals surface area contributed by atoms with Gasteiger partial charge in [-0.3, -0.25) is 0 Å². The number of hydrogen-bond acceptors (Lipinski definition) is 3. The van der Waals surface area contributed by atoms with Gasteiger partial charge in [-0.15, -0.1) is 0 Å². The number of nitrogens with zero attached hydrogens (tertiary/aromatic N) is 1.